The fourth-order valence-electron chi connectivity index (χ4n) is 4.34. The van der Waals surface area contributed by atoms with E-state index in [2.05, 4.69) is 16.3 Å². The van der Waals surface area contributed by atoms with Crippen molar-refractivity contribution >= 4 is 11.9 Å². The van der Waals surface area contributed by atoms with Gasteiger partial charge in [-0.25, -0.2) is 4.79 Å². The Labute approximate surface area is 161 Å². The molecule has 1 aromatic rings. The zero-order chi connectivity index (χ0) is 19.4. The molecule has 3 atom stereocenters. The molecule has 1 amide bonds. The van der Waals surface area contributed by atoms with Crippen LogP contribution in [-0.4, -0.2) is 48.1 Å². The number of rotatable bonds is 5. The summed E-state index contributed by atoms with van der Waals surface area (Å²) in [7, 11) is 0. The van der Waals surface area contributed by atoms with Crippen LogP contribution >= 0.6 is 0 Å². The number of carbonyl (C=O) groups is 2. The fraction of sp³-hybridized carbons (Fsp3) is 0.619. The zero-order valence-corrected chi connectivity index (χ0v) is 16.5. The summed E-state index contributed by atoms with van der Waals surface area (Å²) < 4.78 is 0. The second-order valence-electron chi connectivity index (χ2n) is 7.88. The van der Waals surface area contributed by atoms with E-state index in [1.54, 1.807) is 0 Å². The molecular formula is C21H30N2O4. The molecule has 3 unspecified atom stereocenters. The van der Waals surface area contributed by atoms with Gasteiger partial charge in [-0.15, -0.1) is 0 Å². The number of nitrogens with zero attached hydrogens (tertiary/aromatic N) is 1. The predicted molar refractivity (Wildman–Crippen MR) is 102 cm³/mol. The van der Waals surface area contributed by atoms with Crippen molar-refractivity contribution in [3.63, 3.8) is 0 Å². The van der Waals surface area contributed by atoms with Gasteiger partial charge in [-0.05, 0) is 45.2 Å². The molecule has 148 valence electrons. The Hall–Kier alpha value is -1.92. The summed E-state index contributed by atoms with van der Waals surface area (Å²) in [6, 6.07) is 6.41. The van der Waals surface area contributed by atoms with Gasteiger partial charge < -0.3 is 5.32 Å². The highest BCUT2D eigenvalue weighted by Gasteiger charge is 2.36. The normalized spacial score (nSPS) is 26.0. The van der Waals surface area contributed by atoms with Crippen LogP contribution in [0.25, 0.3) is 0 Å². The molecule has 1 saturated heterocycles. The van der Waals surface area contributed by atoms with Gasteiger partial charge in [-0.1, -0.05) is 30.0 Å². The lowest BCUT2D eigenvalue weighted by molar-refractivity contribution is -0.293. The molecule has 1 aromatic carbocycles. The number of nitrogens with one attached hydrogen (secondary N) is 1. The molecule has 2 fully saturated rings. The monoisotopic (exact) mass is 374 g/mol. The van der Waals surface area contributed by atoms with Crippen LogP contribution in [0.4, 0.5) is 0 Å². The smallest absolute Gasteiger partial charge is 0.339 e. The average molecular weight is 374 g/mol. The van der Waals surface area contributed by atoms with E-state index >= 15 is 0 Å². The van der Waals surface area contributed by atoms with Gasteiger partial charge in [0.05, 0.1) is 0 Å². The van der Waals surface area contributed by atoms with Crippen molar-refractivity contribution in [2.24, 2.45) is 0 Å². The van der Waals surface area contributed by atoms with Crippen molar-refractivity contribution in [3.05, 3.63) is 34.9 Å². The summed E-state index contributed by atoms with van der Waals surface area (Å²) in [6.45, 7) is 6.99. The number of aryl methyl sites for hydroxylation is 2. The van der Waals surface area contributed by atoms with Gasteiger partial charge in [0.15, 0.2) is 0 Å². The molecule has 1 N–H and O–H groups in total. The Balaban J connectivity index is 1.62. The van der Waals surface area contributed by atoms with Gasteiger partial charge in [0.25, 0.3) is 5.91 Å². The first-order valence-corrected chi connectivity index (χ1v) is 9.89. The van der Waals surface area contributed by atoms with E-state index in [1.807, 2.05) is 26.0 Å². The highest BCUT2D eigenvalue weighted by Crippen LogP contribution is 2.27. The van der Waals surface area contributed by atoms with Crippen molar-refractivity contribution in [2.75, 3.05) is 13.1 Å². The van der Waals surface area contributed by atoms with E-state index in [-0.39, 0.29) is 18.1 Å². The SMILES string of the molecule is CC(=O)OOC1CCN(C2CCCCC2NC(=O)c2cc(C)cc(C)c2)C1. The van der Waals surface area contributed by atoms with Crippen molar-refractivity contribution in [1.82, 2.24) is 10.2 Å². The van der Waals surface area contributed by atoms with Crippen LogP contribution < -0.4 is 5.32 Å². The summed E-state index contributed by atoms with van der Waals surface area (Å²) in [5, 5.41) is 3.27. The van der Waals surface area contributed by atoms with Gasteiger partial charge in [0, 0.05) is 37.7 Å². The molecular weight excluding hydrogens is 344 g/mol. The maximum absolute atomic E-state index is 12.8. The van der Waals surface area contributed by atoms with Crippen LogP contribution in [0.15, 0.2) is 18.2 Å². The van der Waals surface area contributed by atoms with Gasteiger partial charge >= 0.3 is 5.97 Å². The third-order valence-electron chi connectivity index (χ3n) is 5.48. The van der Waals surface area contributed by atoms with Crippen LogP contribution in [-0.2, 0) is 14.6 Å². The fourth-order valence-corrected chi connectivity index (χ4v) is 4.34. The molecule has 27 heavy (non-hydrogen) atoms. The van der Waals surface area contributed by atoms with E-state index < -0.39 is 5.97 Å². The second-order valence-corrected chi connectivity index (χ2v) is 7.88. The molecule has 0 bridgehead atoms. The van der Waals surface area contributed by atoms with Crippen molar-refractivity contribution in [2.45, 2.75) is 71.1 Å². The Kier molecular flexibility index (Phi) is 6.50. The molecule has 2 aliphatic rings. The Morgan fingerprint density at radius 3 is 2.48 bits per heavy atom. The first kappa shape index (κ1) is 19.8. The number of amides is 1. The van der Waals surface area contributed by atoms with E-state index in [0.29, 0.717) is 6.04 Å². The third-order valence-corrected chi connectivity index (χ3v) is 5.48. The largest absolute Gasteiger partial charge is 0.348 e. The maximum atomic E-state index is 12.8. The molecule has 0 spiro atoms. The third kappa shape index (κ3) is 5.30. The van der Waals surface area contributed by atoms with Gasteiger partial charge in [-0.2, -0.15) is 4.89 Å². The van der Waals surface area contributed by atoms with Gasteiger partial charge in [0.2, 0.25) is 0 Å². The summed E-state index contributed by atoms with van der Waals surface area (Å²) in [5.74, 6) is -0.421. The first-order chi connectivity index (χ1) is 12.9. The maximum Gasteiger partial charge on any atom is 0.339 e. The van der Waals surface area contributed by atoms with E-state index in [9.17, 15) is 9.59 Å². The molecule has 1 saturated carbocycles. The topological polar surface area (TPSA) is 67.9 Å². The van der Waals surface area contributed by atoms with Crippen LogP contribution in [0.2, 0.25) is 0 Å². The highest BCUT2D eigenvalue weighted by atomic mass is 17.2. The Morgan fingerprint density at radius 1 is 1.07 bits per heavy atom. The molecule has 3 rings (SSSR count). The molecule has 6 nitrogen and oxygen atoms in total. The lowest BCUT2D eigenvalue weighted by atomic mass is 9.89. The lowest BCUT2D eigenvalue weighted by Crippen LogP contribution is -2.52. The number of carbonyl (C=O) groups excluding carboxylic acids is 2. The second kappa shape index (κ2) is 8.85. The van der Waals surface area contributed by atoms with Crippen LogP contribution in [0.3, 0.4) is 0 Å². The minimum Gasteiger partial charge on any atom is -0.348 e. The molecule has 1 aliphatic heterocycles. The minimum absolute atomic E-state index is 0.00519. The van der Waals surface area contributed by atoms with Crippen LogP contribution in [0.5, 0.6) is 0 Å². The van der Waals surface area contributed by atoms with Crippen molar-refractivity contribution in [1.29, 1.82) is 0 Å². The number of hydrogen-bond donors (Lipinski definition) is 1. The summed E-state index contributed by atoms with van der Waals surface area (Å²) in [6.07, 6.45) is 5.11. The molecule has 6 heteroatoms. The van der Waals surface area contributed by atoms with E-state index in [0.717, 1.165) is 55.5 Å². The van der Waals surface area contributed by atoms with Crippen molar-refractivity contribution < 1.29 is 19.4 Å². The Bertz CT molecular complexity index is 671. The summed E-state index contributed by atoms with van der Waals surface area (Å²) >= 11 is 0. The average Bonchev–Trinajstić information content (AvgIpc) is 3.08. The van der Waals surface area contributed by atoms with Crippen molar-refractivity contribution in [3.8, 4) is 0 Å². The lowest BCUT2D eigenvalue weighted by Gasteiger charge is -2.38. The minimum atomic E-state index is -0.426. The summed E-state index contributed by atoms with van der Waals surface area (Å²) in [4.78, 5) is 36.0. The van der Waals surface area contributed by atoms with Gasteiger partial charge in [0.1, 0.15) is 6.10 Å². The standard InChI is InChI=1S/C21H30N2O4/c1-14-10-15(2)12-17(11-14)21(25)22-19-6-4-5-7-20(19)23-9-8-18(13-23)27-26-16(3)24/h10-12,18-20H,4-9,13H2,1-3H3,(H,22,25). The molecule has 0 aromatic heterocycles. The number of benzene rings is 1. The zero-order valence-electron chi connectivity index (χ0n) is 16.5. The number of hydrogen-bond acceptors (Lipinski definition) is 5. The van der Waals surface area contributed by atoms with E-state index in [4.69, 9.17) is 9.78 Å². The molecule has 0 radical (unpaired) electrons. The molecule has 1 aliphatic carbocycles. The first-order valence-electron chi connectivity index (χ1n) is 9.89. The molecule has 1 heterocycles. The Morgan fingerprint density at radius 2 is 1.78 bits per heavy atom. The summed E-state index contributed by atoms with van der Waals surface area (Å²) in [5.41, 5.74) is 2.94. The van der Waals surface area contributed by atoms with E-state index in [1.165, 1.54) is 13.3 Å². The highest BCUT2D eigenvalue weighted by molar-refractivity contribution is 5.94. The van der Waals surface area contributed by atoms with Gasteiger partial charge in [-0.3, -0.25) is 14.6 Å². The van der Waals surface area contributed by atoms with Crippen LogP contribution in [0.1, 0.15) is 60.5 Å². The quantitative estimate of drug-likeness (QED) is 0.634. The number of likely N-dealkylation sites (tertiary alicyclic amines) is 1. The van der Waals surface area contributed by atoms with Crippen LogP contribution in [0, 0.1) is 13.8 Å². The predicted octanol–water partition coefficient (Wildman–Crippen LogP) is 2.91.